The lowest BCUT2D eigenvalue weighted by Crippen LogP contribution is -2.25. The van der Waals surface area contributed by atoms with Crippen LogP contribution in [0.25, 0.3) is 0 Å². The molecule has 2 fully saturated rings. The van der Waals surface area contributed by atoms with E-state index in [1.165, 1.54) is 64.2 Å². The predicted octanol–water partition coefficient (Wildman–Crippen LogP) is 6.47. The van der Waals surface area contributed by atoms with Gasteiger partial charge in [-0.1, -0.05) is 50.7 Å². The van der Waals surface area contributed by atoms with Crippen LogP contribution in [0.2, 0.25) is 0 Å². The van der Waals surface area contributed by atoms with E-state index in [9.17, 15) is 4.79 Å². The van der Waals surface area contributed by atoms with Crippen molar-refractivity contribution in [1.82, 2.24) is 0 Å². The third kappa shape index (κ3) is 4.70. The van der Waals surface area contributed by atoms with Crippen molar-refractivity contribution in [2.45, 2.75) is 96.8 Å². The Bertz CT molecular complexity index is 404. The highest BCUT2D eigenvalue weighted by molar-refractivity contribution is 5.79. The molecule has 1 nitrogen and oxygen atoms in total. The van der Waals surface area contributed by atoms with Gasteiger partial charge in [-0.3, -0.25) is 4.79 Å². The average Bonchev–Trinajstić information content (AvgIpc) is 2.61. The Kier molecular flexibility index (Phi) is 6.36. The molecule has 0 spiro atoms. The van der Waals surface area contributed by atoms with Gasteiger partial charge in [-0.15, -0.1) is 0 Å². The van der Waals surface area contributed by atoms with Gasteiger partial charge in [0.15, 0.2) is 0 Å². The van der Waals surface area contributed by atoms with Crippen LogP contribution >= 0.6 is 0 Å². The van der Waals surface area contributed by atoms with Crippen LogP contribution in [0.5, 0.6) is 0 Å². The Morgan fingerprint density at radius 1 is 0.913 bits per heavy atom. The topological polar surface area (TPSA) is 17.1 Å². The summed E-state index contributed by atoms with van der Waals surface area (Å²) in [7, 11) is 0. The summed E-state index contributed by atoms with van der Waals surface area (Å²) in [6, 6.07) is 0. The van der Waals surface area contributed by atoms with Gasteiger partial charge in [0.25, 0.3) is 0 Å². The minimum atomic E-state index is 0.496. The minimum absolute atomic E-state index is 0.496. The average molecular weight is 317 g/mol. The number of unbranched alkanes of at least 4 members (excludes halogenated alkanes) is 1. The molecule has 0 amide bonds. The van der Waals surface area contributed by atoms with Gasteiger partial charge >= 0.3 is 0 Å². The van der Waals surface area contributed by atoms with Gasteiger partial charge in [-0.05, 0) is 68.6 Å². The highest BCUT2D eigenvalue weighted by atomic mass is 16.1. The lowest BCUT2D eigenvalue weighted by atomic mass is 9.69. The van der Waals surface area contributed by atoms with E-state index in [2.05, 4.69) is 13.0 Å². The molecule has 3 aliphatic rings. The Labute approximate surface area is 143 Å². The SMILES string of the molecule is CCCCC1CCC(C2CC=C(C3CCC(=O)CC3)CC2)CC1. The van der Waals surface area contributed by atoms with Gasteiger partial charge in [0, 0.05) is 12.8 Å². The van der Waals surface area contributed by atoms with Crippen molar-refractivity contribution < 1.29 is 4.79 Å². The molecule has 0 saturated heterocycles. The first-order valence-corrected chi connectivity index (χ1v) is 10.5. The normalized spacial score (nSPS) is 33.5. The summed E-state index contributed by atoms with van der Waals surface area (Å²) in [4.78, 5) is 11.4. The molecule has 1 atom stereocenters. The molecule has 2 saturated carbocycles. The first-order valence-electron chi connectivity index (χ1n) is 10.5. The molecule has 1 heteroatoms. The maximum absolute atomic E-state index is 11.4. The van der Waals surface area contributed by atoms with Gasteiger partial charge in [-0.2, -0.15) is 0 Å². The van der Waals surface area contributed by atoms with Gasteiger partial charge in [0.2, 0.25) is 0 Å². The Balaban J connectivity index is 1.43. The number of hydrogen-bond donors (Lipinski definition) is 0. The summed E-state index contributed by atoms with van der Waals surface area (Å²) < 4.78 is 0. The second-order valence-electron chi connectivity index (χ2n) is 8.55. The highest BCUT2D eigenvalue weighted by Crippen LogP contribution is 2.43. The molecular weight excluding hydrogens is 280 g/mol. The van der Waals surface area contributed by atoms with Crippen LogP contribution in [0.4, 0.5) is 0 Å². The van der Waals surface area contributed by atoms with Crippen LogP contribution in [-0.2, 0) is 4.79 Å². The van der Waals surface area contributed by atoms with E-state index in [1.807, 2.05) is 0 Å². The van der Waals surface area contributed by atoms with Crippen molar-refractivity contribution in [1.29, 1.82) is 0 Å². The van der Waals surface area contributed by atoms with Crippen LogP contribution in [-0.4, -0.2) is 5.78 Å². The van der Waals surface area contributed by atoms with Gasteiger partial charge in [-0.25, -0.2) is 0 Å². The van der Waals surface area contributed by atoms with E-state index in [1.54, 1.807) is 5.57 Å². The summed E-state index contributed by atoms with van der Waals surface area (Å²) in [6.45, 7) is 2.32. The standard InChI is InChI=1S/C22H36O/c1-2-3-4-17-5-7-18(8-6-17)19-9-11-20(12-10-19)21-13-15-22(23)16-14-21/h11,17-19,21H,2-10,12-16H2,1H3. The molecule has 0 aromatic heterocycles. The lowest BCUT2D eigenvalue weighted by molar-refractivity contribution is -0.120. The molecule has 1 unspecified atom stereocenters. The molecule has 0 radical (unpaired) electrons. The zero-order valence-corrected chi connectivity index (χ0v) is 15.2. The summed E-state index contributed by atoms with van der Waals surface area (Å²) >= 11 is 0. The van der Waals surface area contributed by atoms with Crippen molar-refractivity contribution in [3.05, 3.63) is 11.6 Å². The van der Waals surface area contributed by atoms with E-state index in [0.29, 0.717) is 5.78 Å². The maximum Gasteiger partial charge on any atom is 0.132 e. The second kappa shape index (κ2) is 8.49. The van der Waals surface area contributed by atoms with Gasteiger partial charge in [0.1, 0.15) is 5.78 Å². The Morgan fingerprint density at radius 2 is 1.65 bits per heavy atom. The van der Waals surface area contributed by atoms with E-state index < -0.39 is 0 Å². The third-order valence-corrected chi connectivity index (χ3v) is 7.08. The van der Waals surface area contributed by atoms with Crippen molar-refractivity contribution >= 4 is 5.78 Å². The van der Waals surface area contributed by atoms with Crippen molar-refractivity contribution in [3.8, 4) is 0 Å². The zero-order valence-electron chi connectivity index (χ0n) is 15.2. The van der Waals surface area contributed by atoms with Gasteiger partial charge in [0.05, 0.1) is 0 Å². The van der Waals surface area contributed by atoms with E-state index >= 15 is 0 Å². The fourth-order valence-corrected chi connectivity index (χ4v) is 5.43. The fourth-order valence-electron chi connectivity index (χ4n) is 5.43. The molecule has 0 aromatic carbocycles. The van der Waals surface area contributed by atoms with E-state index in [-0.39, 0.29) is 0 Å². The molecule has 3 rings (SSSR count). The number of ketones is 1. The van der Waals surface area contributed by atoms with Crippen LogP contribution < -0.4 is 0 Å². The quantitative estimate of drug-likeness (QED) is 0.531. The molecule has 130 valence electrons. The summed E-state index contributed by atoms with van der Waals surface area (Å²) in [6.07, 6.45) is 20.9. The monoisotopic (exact) mass is 316 g/mol. The maximum atomic E-state index is 11.4. The molecular formula is C22H36O. The largest absolute Gasteiger partial charge is 0.300 e. The van der Waals surface area contributed by atoms with Crippen LogP contribution in [0.15, 0.2) is 11.6 Å². The van der Waals surface area contributed by atoms with Crippen LogP contribution in [0.1, 0.15) is 96.8 Å². The fraction of sp³-hybridized carbons (Fsp3) is 0.864. The molecule has 23 heavy (non-hydrogen) atoms. The molecule has 0 bridgehead atoms. The zero-order chi connectivity index (χ0) is 16.1. The number of carbonyl (C=O) groups excluding carboxylic acids is 1. The van der Waals surface area contributed by atoms with Crippen molar-refractivity contribution in [2.75, 3.05) is 0 Å². The first kappa shape index (κ1) is 17.2. The lowest BCUT2D eigenvalue weighted by Gasteiger charge is -2.37. The molecule has 0 N–H and O–H groups in total. The summed E-state index contributed by atoms with van der Waals surface area (Å²) in [5.74, 6) is 4.27. The van der Waals surface area contributed by atoms with Crippen molar-refractivity contribution in [3.63, 3.8) is 0 Å². The van der Waals surface area contributed by atoms with E-state index in [0.717, 1.165) is 49.4 Å². The predicted molar refractivity (Wildman–Crippen MR) is 97.4 cm³/mol. The van der Waals surface area contributed by atoms with Crippen molar-refractivity contribution in [2.24, 2.45) is 23.7 Å². The minimum Gasteiger partial charge on any atom is -0.300 e. The number of hydrogen-bond acceptors (Lipinski definition) is 1. The summed E-state index contributed by atoms with van der Waals surface area (Å²) in [5, 5.41) is 0. The first-order chi connectivity index (χ1) is 11.3. The smallest absolute Gasteiger partial charge is 0.132 e. The number of rotatable bonds is 5. The number of allylic oxidation sites excluding steroid dienone is 2. The number of Topliss-reactive ketones (excluding diaryl/α,β-unsaturated/α-hetero) is 1. The van der Waals surface area contributed by atoms with Crippen LogP contribution in [0, 0.1) is 23.7 Å². The van der Waals surface area contributed by atoms with Gasteiger partial charge < -0.3 is 0 Å². The Morgan fingerprint density at radius 3 is 2.26 bits per heavy atom. The molecule has 0 heterocycles. The molecule has 0 aliphatic heterocycles. The molecule has 0 aromatic rings. The number of carbonyl (C=O) groups is 1. The van der Waals surface area contributed by atoms with Crippen LogP contribution in [0.3, 0.4) is 0 Å². The molecule has 3 aliphatic carbocycles. The Hall–Kier alpha value is -0.590. The third-order valence-electron chi connectivity index (χ3n) is 7.08. The second-order valence-corrected chi connectivity index (χ2v) is 8.55. The summed E-state index contributed by atoms with van der Waals surface area (Å²) in [5.41, 5.74) is 1.71. The highest BCUT2D eigenvalue weighted by Gasteiger charge is 2.30. The van der Waals surface area contributed by atoms with E-state index in [4.69, 9.17) is 0 Å².